The second kappa shape index (κ2) is 8.76. The van der Waals surface area contributed by atoms with Crippen molar-refractivity contribution in [3.05, 3.63) is 95.5 Å². The van der Waals surface area contributed by atoms with E-state index in [1.807, 2.05) is 30.3 Å². The first kappa shape index (κ1) is 21.5. The van der Waals surface area contributed by atoms with Crippen LogP contribution in [0.1, 0.15) is 34.4 Å². The van der Waals surface area contributed by atoms with Crippen molar-refractivity contribution in [3.8, 4) is 5.75 Å². The van der Waals surface area contributed by atoms with Crippen LogP contribution in [-0.4, -0.2) is 32.0 Å². The number of nitrogens with one attached hydrogen (secondary N) is 1. The van der Waals surface area contributed by atoms with Crippen LogP contribution in [0.25, 0.3) is 5.65 Å². The zero-order valence-corrected chi connectivity index (χ0v) is 17.7. The van der Waals surface area contributed by atoms with Crippen molar-refractivity contribution in [2.45, 2.75) is 26.0 Å². The number of nitrogens with zero attached hydrogens (tertiary/aromatic N) is 3. The highest BCUT2D eigenvalue weighted by Gasteiger charge is 2.30. The number of fused-ring (bicyclic) bond motifs is 1. The van der Waals surface area contributed by atoms with Crippen LogP contribution in [0, 0.1) is 12.7 Å². The van der Waals surface area contributed by atoms with Gasteiger partial charge in [-0.05, 0) is 43.7 Å². The summed E-state index contributed by atoms with van der Waals surface area (Å²) in [6.45, 7) is 3.14. The van der Waals surface area contributed by atoms with Gasteiger partial charge in [0.15, 0.2) is 11.4 Å². The number of ether oxygens (including phenoxy) is 1. The van der Waals surface area contributed by atoms with Crippen molar-refractivity contribution in [3.63, 3.8) is 0 Å². The Morgan fingerprint density at radius 3 is 2.69 bits per heavy atom. The van der Waals surface area contributed by atoms with E-state index in [2.05, 4.69) is 15.3 Å². The highest BCUT2D eigenvalue weighted by Crippen LogP contribution is 2.25. The maximum absolute atomic E-state index is 13.9. The average molecular weight is 434 g/mol. The first-order chi connectivity index (χ1) is 15.4. The minimum atomic E-state index is -0.973. The molecule has 0 aliphatic rings. The zero-order valence-electron chi connectivity index (χ0n) is 17.7. The third-order valence-corrected chi connectivity index (χ3v) is 5.32. The number of hydrogen-bond acceptors (Lipinski definition) is 5. The Hall–Kier alpha value is -3.78. The molecule has 3 heterocycles. The lowest BCUT2D eigenvalue weighted by molar-refractivity contribution is 0.0843. The highest BCUT2D eigenvalue weighted by atomic mass is 19.1. The maximum atomic E-state index is 13.9. The molecule has 0 saturated carbocycles. The van der Waals surface area contributed by atoms with E-state index in [9.17, 15) is 14.3 Å². The molecular formula is C24H23FN4O3. The maximum Gasteiger partial charge on any atom is 0.270 e. The number of benzene rings is 1. The Morgan fingerprint density at radius 1 is 1.19 bits per heavy atom. The van der Waals surface area contributed by atoms with Gasteiger partial charge in [0.25, 0.3) is 5.91 Å². The van der Waals surface area contributed by atoms with E-state index in [0.717, 1.165) is 5.56 Å². The minimum Gasteiger partial charge on any atom is -0.483 e. The number of amides is 1. The third kappa shape index (κ3) is 4.04. The molecule has 0 radical (unpaired) electrons. The molecule has 0 bridgehead atoms. The lowest BCUT2D eigenvalue weighted by Crippen LogP contribution is -2.46. The second-order valence-electron chi connectivity index (χ2n) is 7.64. The number of aromatic nitrogens is 3. The quantitative estimate of drug-likeness (QED) is 0.466. The number of aliphatic hydroxyl groups is 1. The van der Waals surface area contributed by atoms with E-state index in [1.165, 1.54) is 18.3 Å². The summed E-state index contributed by atoms with van der Waals surface area (Å²) in [5, 5.41) is 12.9. The Balaban J connectivity index is 1.64. The Bertz CT molecular complexity index is 1260. The van der Waals surface area contributed by atoms with Crippen LogP contribution in [0.3, 0.4) is 0 Å². The van der Waals surface area contributed by atoms with Crippen molar-refractivity contribution in [1.82, 2.24) is 19.7 Å². The van der Waals surface area contributed by atoms with Crippen molar-refractivity contribution < 1.29 is 19.0 Å². The number of imidazole rings is 1. The molecule has 0 spiro atoms. The number of aliphatic hydroxyl groups excluding tert-OH is 1. The summed E-state index contributed by atoms with van der Waals surface area (Å²) >= 11 is 0. The van der Waals surface area contributed by atoms with Gasteiger partial charge in [-0.15, -0.1) is 0 Å². The number of pyridine rings is 2. The largest absolute Gasteiger partial charge is 0.483 e. The van der Waals surface area contributed by atoms with Gasteiger partial charge < -0.3 is 15.2 Å². The van der Waals surface area contributed by atoms with Crippen molar-refractivity contribution in [2.24, 2.45) is 0 Å². The van der Waals surface area contributed by atoms with Gasteiger partial charge in [0.2, 0.25) is 0 Å². The second-order valence-corrected chi connectivity index (χ2v) is 7.64. The fourth-order valence-electron chi connectivity index (χ4n) is 3.53. The third-order valence-electron chi connectivity index (χ3n) is 5.32. The van der Waals surface area contributed by atoms with Crippen LogP contribution in [0.5, 0.6) is 5.75 Å². The van der Waals surface area contributed by atoms with Crippen molar-refractivity contribution in [1.29, 1.82) is 0 Å². The van der Waals surface area contributed by atoms with Gasteiger partial charge in [-0.3, -0.25) is 14.2 Å². The number of carbonyl (C=O) groups is 1. The highest BCUT2D eigenvalue weighted by molar-refractivity contribution is 5.95. The lowest BCUT2D eigenvalue weighted by atomic mass is 9.92. The van der Waals surface area contributed by atoms with E-state index in [-0.39, 0.29) is 24.8 Å². The molecule has 2 N–H and O–H groups in total. The van der Waals surface area contributed by atoms with E-state index in [0.29, 0.717) is 22.8 Å². The molecule has 1 atom stereocenters. The first-order valence-corrected chi connectivity index (χ1v) is 10.1. The molecular weight excluding hydrogens is 411 g/mol. The molecule has 32 heavy (non-hydrogen) atoms. The van der Waals surface area contributed by atoms with Gasteiger partial charge in [-0.2, -0.15) is 0 Å². The van der Waals surface area contributed by atoms with Crippen LogP contribution in [0.15, 0.2) is 67.0 Å². The number of carbonyl (C=O) groups excluding carboxylic acids is 1. The van der Waals surface area contributed by atoms with E-state index < -0.39 is 11.4 Å². The monoisotopic (exact) mass is 434 g/mol. The van der Waals surface area contributed by atoms with Crippen LogP contribution in [-0.2, 0) is 12.1 Å². The van der Waals surface area contributed by atoms with Crippen LogP contribution in [0.4, 0.5) is 4.39 Å². The topological polar surface area (TPSA) is 88.8 Å². The van der Waals surface area contributed by atoms with Gasteiger partial charge in [-0.25, -0.2) is 9.37 Å². The van der Waals surface area contributed by atoms with Crippen LogP contribution in [0.2, 0.25) is 0 Å². The Morgan fingerprint density at radius 2 is 1.97 bits per heavy atom. The van der Waals surface area contributed by atoms with Gasteiger partial charge >= 0.3 is 0 Å². The van der Waals surface area contributed by atoms with Gasteiger partial charge in [0.05, 0.1) is 17.8 Å². The predicted octanol–water partition coefficient (Wildman–Crippen LogP) is 3.39. The molecule has 8 heteroatoms. The summed E-state index contributed by atoms with van der Waals surface area (Å²) in [6.07, 6.45) is 3.20. The summed E-state index contributed by atoms with van der Waals surface area (Å²) in [7, 11) is 0. The first-order valence-electron chi connectivity index (χ1n) is 10.1. The molecule has 0 aliphatic carbocycles. The van der Waals surface area contributed by atoms with E-state index in [4.69, 9.17) is 4.74 Å². The van der Waals surface area contributed by atoms with E-state index >= 15 is 0 Å². The molecule has 1 aromatic carbocycles. The number of rotatable bonds is 7. The number of hydrogen-bond donors (Lipinski definition) is 2. The standard InChI is InChI=1S/C24H23FN4O3/c1-16-21(23(31)28-24(2,15-30)17-8-4-3-5-9-17)29-13-7-11-20(22(29)27-16)32-14-19-18(25)10-6-12-26-19/h3-13,30H,14-15H2,1-2H3,(H,28,31)/t24-/m0/s1. The fraction of sp³-hybridized carbons (Fsp3) is 0.208. The van der Waals surface area contributed by atoms with Crippen molar-refractivity contribution >= 4 is 11.6 Å². The average Bonchev–Trinajstić information content (AvgIpc) is 3.15. The normalized spacial score (nSPS) is 13.0. The lowest BCUT2D eigenvalue weighted by Gasteiger charge is -2.29. The molecule has 3 aromatic heterocycles. The molecule has 0 saturated heterocycles. The van der Waals surface area contributed by atoms with Crippen LogP contribution >= 0.6 is 0 Å². The summed E-state index contributed by atoms with van der Waals surface area (Å²) in [5.74, 6) is -0.445. The Labute approximate surface area is 184 Å². The SMILES string of the molecule is Cc1nc2c(OCc3ncccc3F)cccn2c1C(=O)N[C@@](C)(CO)c1ccccc1. The Kier molecular flexibility index (Phi) is 5.87. The smallest absolute Gasteiger partial charge is 0.270 e. The van der Waals surface area contributed by atoms with Crippen LogP contribution < -0.4 is 10.1 Å². The zero-order chi connectivity index (χ0) is 22.7. The molecule has 164 valence electrons. The number of halogens is 1. The predicted molar refractivity (Wildman–Crippen MR) is 117 cm³/mol. The molecule has 1 amide bonds. The molecule has 7 nitrogen and oxygen atoms in total. The summed E-state index contributed by atoms with van der Waals surface area (Å²) in [6, 6.07) is 15.5. The summed E-state index contributed by atoms with van der Waals surface area (Å²) < 4.78 is 21.3. The van der Waals surface area contributed by atoms with Gasteiger partial charge in [-0.1, -0.05) is 30.3 Å². The minimum absolute atomic E-state index is 0.0730. The molecule has 0 unspecified atom stereocenters. The summed E-state index contributed by atoms with van der Waals surface area (Å²) in [4.78, 5) is 21.7. The van der Waals surface area contributed by atoms with Gasteiger partial charge in [0.1, 0.15) is 23.8 Å². The van der Waals surface area contributed by atoms with Gasteiger partial charge in [0, 0.05) is 12.4 Å². The molecule has 4 aromatic rings. The summed E-state index contributed by atoms with van der Waals surface area (Å²) in [5.41, 5.74) is 1.23. The molecule has 0 aliphatic heterocycles. The van der Waals surface area contributed by atoms with Crippen molar-refractivity contribution in [2.75, 3.05) is 6.61 Å². The fourth-order valence-corrected chi connectivity index (χ4v) is 3.53. The number of aryl methyl sites for hydroxylation is 1. The van der Waals surface area contributed by atoms with E-state index in [1.54, 1.807) is 36.6 Å². The molecule has 4 rings (SSSR count). The molecule has 0 fully saturated rings.